The second-order valence-electron chi connectivity index (χ2n) is 5.75. The third-order valence-corrected chi connectivity index (χ3v) is 4.26. The Bertz CT molecular complexity index is 797. The first-order valence-electron chi connectivity index (χ1n) is 8.20. The van der Waals surface area contributed by atoms with Gasteiger partial charge in [-0.25, -0.2) is 0 Å². The molecular formula is C21H23NO2. The molecule has 0 radical (unpaired) electrons. The summed E-state index contributed by atoms with van der Waals surface area (Å²) in [5.41, 5.74) is 2.60. The second kappa shape index (κ2) is 7.84. The third kappa shape index (κ3) is 3.69. The Balaban J connectivity index is 1.61. The van der Waals surface area contributed by atoms with Crippen LogP contribution in [0.15, 0.2) is 60.7 Å². The highest BCUT2D eigenvalue weighted by atomic mass is 16.5. The summed E-state index contributed by atoms with van der Waals surface area (Å²) in [6.45, 7) is 1.79. The van der Waals surface area contributed by atoms with Gasteiger partial charge in [-0.3, -0.25) is 0 Å². The average Bonchev–Trinajstić information content (AvgIpc) is 2.65. The molecule has 0 amide bonds. The van der Waals surface area contributed by atoms with E-state index in [-0.39, 0.29) is 0 Å². The summed E-state index contributed by atoms with van der Waals surface area (Å²) < 4.78 is 10.6. The van der Waals surface area contributed by atoms with Crippen LogP contribution >= 0.6 is 0 Å². The molecule has 0 atom stereocenters. The van der Waals surface area contributed by atoms with Gasteiger partial charge >= 0.3 is 0 Å². The Kier molecular flexibility index (Phi) is 5.34. The van der Waals surface area contributed by atoms with Gasteiger partial charge in [0.2, 0.25) is 0 Å². The summed E-state index contributed by atoms with van der Waals surface area (Å²) in [5, 5.41) is 5.94. The Hall–Kier alpha value is -2.52. The Morgan fingerprint density at radius 1 is 0.792 bits per heavy atom. The molecule has 0 aromatic heterocycles. The maximum absolute atomic E-state index is 5.45. The SMILES string of the molecule is COc1ccc(CCNCc2ccc(OC)c3ccccc23)cc1. The standard InChI is InChI=1S/C21H23NO2/c1-23-18-10-7-16(8-11-18)13-14-22-15-17-9-12-21(24-2)20-6-4-3-5-19(17)20/h3-12,22H,13-15H2,1-2H3. The van der Waals surface area contributed by atoms with Crippen molar-refractivity contribution in [2.24, 2.45) is 0 Å². The van der Waals surface area contributed by atoms with E-state index in [2.05, 4.69) is 41.7 Å². The molecule has 3 aromatic rings. The quantitative estimate of drug-likeness (QED) is 0.662. The Morgan fingerprint density at radius 3 is 2.25 bits per heavy atom. The van der Waals surface area contributed by atoms with Crippen molar-refractivity contribution in [2.45, 2.75) is 13.0 Å². The number of rotatable bonds is 7. The number of methoxy groups -OCH3 is 2. The highest BCUT2D eigenvalue weighted by Gasteiger charge is 2.05. The molecule has 1 N–H and O–H groups in total. The summed E-state index contributed by atoms with van der Waals surface area (Å²) in [6.07, 6.45) is 0.998. The van der Waals surface area contributed by atoms with Gasteiger partial charge in [0, 0.05) is 11.9 Å². The fraction of sp³-hybridized carbons (Fsp3) is 0.238. The van der Waals surface area contributed by atoms with Gasteiger partial charge in [0.1, 0.15) is 11.5 Å². The fourth-order valence-electron chi connectivity index (χ4n) is 2.91. The molecule has 0 saturated carbocycles. The zero-order chi connectivity index (χ0) is 16.8. The number of nitrogens with one attached hydrogen (secondary N) is 1. The van der Waals surface area contributed by atoms with Crippen molar-refractivity contribution in [3.05, 3.63) is 71.8 Å². The lowest BCUT2D eigenvalue weighted by Gasteiger charge is -2.11. The molecule has 0 spiro atoms. The van der Waals surface area contributed by atoms with Gasteiger partial charge in [0.25, 0.3) is 0 Å². The van der Waals surface area contributed by atoms with Crippen molar-refractivity contribution in [2.75, 3.05) is 20.8 Å². The number of fused-ring (bicyclic) bond motifs is 1. The van der Waals surface area contributed by atoms with E-state index in [4.69, 9.17) is 9.47 Å². The van der Waals surface area contributed by atoms with E-state index in [1.54, 1.807) is 14.2 Å². The molecule has 0 saturated heterocycles. The monoisotopic (exact) mass is 321 g/mol. The van der Waals surface area contributed by atoms with Crippen molar-refractivity contribution in [1.82, 2.24) is 5.32 Å². The highest BCUT2D eigenvalue weighted by Crippen LogP contribution is 2.28. The molecule has 0 aliphatic heterocycles. The van der Waals surface area contributed by atoms with Crippen molar-refractivity contribution in [3.63, 3.8) is 0 Å². The first-order chi connectivity index (χ1) is 11.8. The summed E-state index contributed by atoms with van der Waals surface area (Å²) in [7, 11) is 3.41. The van der Waals surface area contributed by atoms with Gasteiger partial charge in [0.05, 0.1) is 14.2 Å². The van der Waals surface area contributed by atoms with Crippen molar-refractivity contribution < 1.29 is 9.47 Å². The lowest BCUT2D eigenvalue weighted by molar-refractivity contribution is 0.414. The molecule has 3 aromatic carbocycles. The molecule has 3 nitrogen and oxygen atoms in total. The number of hydrogen-bond acceptors (Lipinski definition) is 3. The van der Waals surface area contributed by atoms with Crippen LogP contribution in [0.25, 0.3) is 10.8 Å². The lowest BCUT2D eigenvalue weighted by Crippen LogP contribution is -2.16. The fourth-order valence-corrected chi connectivity index (χ4v) is 2.91. The predicted molar refractivity (Wildman–Crippen MR) is 98.9 cm³/mol. The zero-order valence-corrected chi connectivity index (χ0v) is 14.2. The smallest absolute Gasteiger partial charge is 0.126 e. The highest BCUT2D eigenvalue weighted by molar-refractivity contribution is 5.91. The van der Waals surface area contributed by atoms with Crippen LogP contribution in [0.1, 0.15) is 11.1 Å². The van der Waals surface area contributed by atoms with Gasteiger partial charge in [-0.15, -0.1) is 0 Å². The van der Waals surface area contributed by atoms with Crippen molar-refractivity contribution in [1.29, 1.82) is 0 Å². The second-order valence-corrected chi connectivity index (χ2v) is 5.75. The molecule has 0 aliphatic rings. The molecule has 3 rings (SSSR count). The summed E-state index contributed by atoms with van der Waals surface area (Å²) >= 11 is 0. The predicted octanol–water partition coefficient (Wildman–Crippen LogP) is 4.19. The Morgan fingerprint density at radius 2 is 1.54 bits per heavy atom. The molecule has 0 heterocycles. The summed E-state index contributed by atoms with van der Waals surface area (Å²) in [5.74, 6) is 1.82. The molecular weight excluding hydrogens is 298 g/mol. The van der Waals surface area contributed by atoms with E-state index in [0.717, 1.165) is 36.4 Å². The third-order valence-electron chi connectivity index (χ3n) is 4.26. The first-order valence-corrected chi connectivity index (χ1v) is 8.20. The molecule has 3 heteroatoms. The summed E-state index contributed by atoms with van der Waals surface area (Å²) in [4.78, 5) is 0. The van der Waals surface area contributed by atoms with Crippen LogP contribution in [-0.4, -0.2) is 20.8 Å². The van der Waals surface area contributed by atoms with Crippen molar-refractivity contribution >= 4 is 10.8 Å². The van der Waals surface area contributed by atoms with E-state index in [1.165, 1.54) is 16.5 Å². The molecule has 24 heavy (non-hydrogen) atoms. The minimum atomic E-state index is 0.848. The minimum absolute atomic E-state index is 0.848. The van der Waals surface area contributed by atoms with Crippen LogP contribution in [0, 0.1) is 0 Å². The van der Waals surface area contributed by atoms with Gasteiger partial charge in [0.15, 0.2) is 0 Å². The van der Waals surface area contributed by atoms with Crippen molar-refractivity contribution in [3.8, 4) is 11.5 Å². The number of ether oxygens (including phenoxy) is 2. The normalized spacial score (nSPS) is 10.8. The van der Waals surface area contributed by atoms with Crippen LogP contribution in [-0.2, 0) is 13.0 Å². The van der Waals surface area contributed by atoms with E-state index in [9.17, 15) is 0 Å². The maximum atomic E-state index is 5.45. The molecule has 0 fully saturated rings. The maximum Gasteiger partial charge on any atom is 0.126 e. The van der Waals surface area contributed by atoms with Gasteiger partial charge in [-0.1, -0.05) is 42.5 Å². The molecule has 124 valence electrons. The zero-order valence-electron chi connectivity index (χ0n) is 14.2. The van der Waals surface area contributed by atoms with E-state index < -0.39 is 0 Å². The van der Waals surface area contributed by atoms with Gasteiger partial charge in [-0.05, 0) is 47.7 Å². The number of benzene rings is 3. The topological polar surface area (TPSA) is 30.5 Å². The van der Waals surface area contributed by atoms with E-state index >= 15 is 0 Å². The molecule has 0 unspecified atom stereocenters. The van der Waals surface area contributed by atoms with E-state index in [1.807, 2.05) is 24.3 Å². The average molecular weight is 321 g/mol. The first kappa shape index (κ1) is 16.3. The van der Waals surface area contributed by atoms with Crippen LogP contribution in [0.2, 0.25) is 0 Å². The molecule has 0 bridgehead atoms. The molecule has 0 aliphatic carbocycles. The Labute approximate surface area is 143 Å². The van der Waals surface area contributed by atoms with Crippen LogP contribution < -0.4 is 14.8 Å². The number of hydrogen-bond donors (Lipinski definition) is 1. The van der Waals surface area contributed by atoms with Crippen LogP contribution in [0.3, 0.4) is 0 Å². The van der Waals surface area contributed by atoms with Gasteiger partial charge in [-0.2, -0.15) is 0 Å². The largest absolute Gasteiger partial charge is 0.497 e. The summed E-state index contributed by atoms with van der Waals surface area (Å²) in [6, 6.07) is 20.8. The van der Waals surface area contributed by atoms with Crippen LogP contribution in [0.4, 0.5) is 0 Å². The van der Waals surface area contributed by atoms with Gasteiger partial charge < -0.3 is 14.8 Å². The lowest BCUT2D eigenvalue weighted by atomic mass is 10.0. The van der Waals surface area contributed by atoms with Crippen LogP contribution in [0.5, 0.6) is 11.5 Å². The van der Waals surface area contributed by atoms with E-state index in [0.29, 0.717) is 0 Å². The minimum Gasteiger partial charge on any atom is -0.497 e.